The molecule has 0 fully saturated rings. The largest absolute Gasteiger partial charge is 0.416 e. The number of hydrogen-bond donors (Lipinski definition) is 2. The van der Waals surface area contributed by atoms with Gasteiger partial charge in [-0.25, -0.2) is 4.98 Å². The molecule has 5 nitrogen and oxygen atoms in total. The molecule has 21 heavy (non-hydrogen) atoms. The van der Waals surface area contributed by atoms with Crippen molar-refractivity contribution in [1.82, 2.24) is 9.97 Å². The summed E-state index contributed by atoms with van der Waals surface area (Å²) in [6, 6.07) is 2.92. The summed E-state index contributed by atoms with van der Waals surface area (Å²) in [5.74, 6) is -0.680. The van der Waals surface area contributed by atoms with Crippen LogP contribution in [0.1, 0.15) is 16.1 Å². The van der Waals surface area contributed by atoms with Gasteiger partial charge in [-0.05, 0) is 34.1 Å². The van der Waals surface area contributed by atoms with Crippen LogP contribution in [0.2, 0.25) is 0 Å². The average molecular weight is 361 g/mol. The topological polar surface area (TPSA) is 80.9 Å². The monoisotopic (exact) mass is 360 g/mol. The summed E-state index contributed by atoms with van der Waals surface area (Å²) in [4.78, 5) is 19.3. The Bertz CT molecular complexity index is 690. The van der Waals surface area contributed by atoms with Gasteiger partial charge in [0.15, 0.2) is 0 Å². The molecule has 0 radical (unpaired) electrons. The van der Waals surface area contributed by atoms with E-state index in [-0.39, 0.29) is 17.2 Å². The Kier molecular flexibility index (Phi) is 4.12. The number of amides is 1. The van der Waals surface area contributed by atoms with Gasteiger partial charge in [0.05, 0.1) is 23.6 Å². The van der Waals surface area contributed by atoms with Crippen LogP contribution in [0.25, 0.3) is 0 Å². The Labute approximate surface area is 125 Å². The van der Waals surface area contributed by atoms with E-state index in [0.29, 0.717) is 4.47 Å². The van der Waals surface area contributed by atoms with E-state index in [9.17, 15) is 18.0 Å². The molecule has 2 rings (SSSR count). The van der Waals surface area contributed by atoms with Crippen molar-refractivity contribution < 1.29 is 18.0 Å². The van der Waals surface area contributed by atoms with Crippen LogP contribution in [0, 0.1) is 0 Å². The Morgan fingerprint density at radius 2 is 2.00 bits per heavy atom. The number of carbonyl (C=O) groups is 1. The zero-order valence-corrected chi connectivity index (χ0v) is 11.9. The van der Waals surface area contributed by atoms with Crippen molar-refractivity contribution in [3.63, 3.8) is 0 Å². The van der Waals surface area contributed by atoms with E-state index in [1.807, 2.05) is 0 Å². The third-order valence-corrected chi connectivity index (χ3v) is 3.12. The minimum absolute atomic E-state index is 0.0287. The van der Waals surface area contributed by atoms with Crippen LogP contribution in [0.15, 0.2) is 35.1 Å². The smallest absolute Gasteiger partial charge is 0.382 e. The van der Waals surface area contributed by atoms with E-state index < -0.39 is 17.6 Å². The van der Waals surface area contributed by atoms with E-state index in [4.69, 9.17) is 5.73 Å². The van der Waals surface area contributed by atoms with Gasteiger partial charge in [0.25, 0.3) is 5.91 Å². The molecule has 0 aliphatic rings. The van der Waals surface area contributed by atoms with Crippen molar-refractivity contribution in [3.05, 3.63) is 46.3 Å². The highest BCUT2D eigenvalue weighted by molar-refractivity contribution is 9.10. The SMILES string of the molecule is Nc1cncc(C(=O)Nc2cc(C(F)(F)F)ccc2Br)n1. The molecule has 1 amide bonds. The third-order valence-electron chi connectivity index (χ3n) is 2.43. The second-order valence-electron chi connectivity index (χ2n) is 3.98. The van der Waals surface area contributed by atoms with E-state index in [2.05, 4.69) is 31.2 Å². The molecule has 2 aromatic rings. The first-order valence-corrected chi connectivity index (χ1v) is 6.32. The summed E-state index contributed by atoms with van der Waals surface area (Å²) in [5, 5.41) is 2.32. The molecular formula is C12H8BrF3N4O. The highest BCUT2D eigenvalue weighted by atomic mass is 79.9. The number of rotatable bonds is 2. The second kappa shape index (κ2) is 5.68. The number of nitrogens with one attached hydrogen (secondary N) is 1. The van der Waals surface area contributed by atoms with Crippen molar-refractivity contribution in [2.75, 3.05) is 11.1 Å². The van der Waals surface area contributed by atoms with Gasteiger partial charge in [0, 0.05) is 4.47 Å². The minimum Gasteiger partial charge on any atom is -0.382 e. The highest BCUT2D eigenvalue weighted by Crippen LogP contribution is 2.34. The van der Waals surface area contributed by atoms with Gasteiger partial charge >= 0.3 is 6.18 Å². The number of carbonyl (C=O) groups excluding carboxylic acids is 1. The van der Waals surface area contributed by atoms with Crippen LogP contribution in [0.4, 0.5) is 24.7 Å². The first kappa shape index (κ1) is 15.2. The fraction of sp³-hybridized carbons (Fsp3) is 0.0833. The van der Waals surface area contributed by atoms with Crippen molar-refractivity contribution >= 4 is 33.3 Å². The second-order valence-corrected chi connectivity index (χ2v) is 4.83. The maximum absolute atomic E-state index is 12.6. The molecule has 0 atom stereocenters. The molecule has 1 heterocycles. The maximum Gasteiger partial charge on any atom is 0.416 e. The molecule has 1 aromatic carbocycles. The number of nitrogens with two attached hydrogens (primary N) is 1. The van der Waals surface area contributed by atoms with Gasteiger partial charge in [-0.15, -0.1) is 0 Å². The fourth-order valence-corrected chi connectivity index (χ4v) is 1.82. The van der Waals surface area contributed by atoms with Crippen molar-refractivity contribution in [3.8, 4) is 0 Å². The Morgan fingerprint density at radius 1 is 1.29 bits per heavy atom. The molecule has 3 N–H and O–H groups in total. The zero-order valence-electron chi connectivity index (χ0n) is 10.3. The molecule has 1 aromatic heterocycles. The average Bonchev–Trinajstić information content (AvgIpc) is 2.40. The number of benzene rings is 1. The molecule has 0 spiro atoms. The molecule has 0 aliphatic heterocycles. The van der Waals surface area contributed by atoms with E-state index in [1.165, 1.54) is 12.3 Å². The number of aromatic nitrogens is 2. The number of hydrogen-bond acceptors (Lipinski definition) is 4. The Hall–Kier alpha value is -2.16. The number of nitrogens with zero attached hydrogens (tertiary/aromatic N) is 2. The molecule has 0 unspecified atom stereocenters. The summed E-state index contributed by atoms with van der Waals surface area (Å²) >= 11 is 3.07. The Morgan fingerprint density at radius 3 is 2.62 bits per heavy atom. The number of nitrogen functional groups attached to an aromatic ring is 1. The van der Waals surface area contributed by atoms with Crippen molar-refractivity contribution in [2.24, 2.45) is 0 Å². The predicted octanol–water partition coefficient (Wildman–Crippen LogP) is 3.09. The fourth-order valence-electron chi connectivity index (χ4n) is 1.47. The third kappa shape index (κ3) is 3.69. The van der Waals surface area contributed by atoms with Crippen molar-refractivity contribution in [2.45, 2.75) is 6.18 Å². The summed E-state index contributed by atoms with van der Waals surface area (Å²) in [5.41, 5.74) is 4.39. The lowest BCUT2D eigenvalue weighted by molar-refractivity contribution is -0.137. The van der Waals surface area contributed by atoms with E-state index in [1.54, 1.807) is 0 Å². The van der Waals surface area contributed by atoms with Crippen LogP contribution < -0.4 is 11.1 Å². The van der Waals surface area contributed by atoms with Gasteiger partial charge in [-0.3, -0.25) is 9.78 Å². The Balaban J connectivity index is 2.29. The molecule has 0 saturated carbocycles. The zero-order chi connectivity index (χ0) is 15.6. The van der Waals surface area contributed by atoms with Crippen LogP contribution >= 0.6 is 15.9 Å². The van der Waals surface area contributed by atoms with Crippen LogP contribution in [0.5, 0.6) is 0 Å². The predicted molar refractivity (Wildman–Crippen MR) is 73.5 cm³/mol. The minimum atomic E-state index is -4.50. The summed E-state index contributed by atoms with van der Waals surface area (Å²) in [6.45, 7) is 0. The first-order chi connectivity index (χ1) is 9.77. The van der Waals surface area contributed by atoms with Gasteiger partial charge in [0.1, 0.15) is 11.5 Å². The van der Waals surface area contributed by atoms with Gasteiger partial charge in [-0.2, -0.15) is 13.2 Å². The highest BCUT2D eigenvalue weighted by Gasteiger charge is 2.31. The number of halogens is 4. The summed E-state index contributed by atoms with van der Waals surface area (Å²) in [7, 11) is 0. The molecule has 9 heteroatoms. The molecule has 0 saturated heterocycles. The van der Waals surface area contributed by atoms with Crippen LogP contribution in [0.3, 0.4) is 0 Å². The lowest BCUT2D eigenvalue weighted by Crippen LogP contribution is -2.16. The van der Waals surface area contributed by atoms with Gasteiger partial charge in [-0.1, -0.05) is 0 Å². The normalized spacial score (nSPS) is 11.2. The lowest BCUT2D eigenvalue weighted by Gasteiger charge is -2.11. The maximum atomic E-state index is 12.6. The molecule has 0 aliphatic carbocycles. The first-order valence-electron chi connectivity index (χ1n) is 5.53. The lowest BCUT2D eigenvalue weighted by atomic mass is 10.2. The number of anilines is 2. The van der Waals surface area contributed by atoms with Gasteiger partial charge < -0.3 is 11.1 Å². The molecule has 110 valence electrons. The summed E-state index contributed by atoms with van der Waals surface area (Å²) < 4.78 is 38.2. The van der Waals surface area contributed by atoms with Crippen LogP contribution in [-0.4, -0.2) is 15.9 Å². The quantitative estimate of drug-likeness (QED) is 0.862. The van der Waals surface area contributed by atoms with Crippen molar-refractivity contribution in [1.29, 1.82) is 0 Å². The molecular weight excluding hydrogens is 353 g/mol. The number of alkyl halides is 3. The van der Waals surface area contributed by atoms with E-state index >= 15 is 0 Å². The summed E-state index contributed by atoms with van der Waals surface area (Å²) in [6.07, 6.45) is -2.10. The standard InChI is InChI=1S/C12H8BrF3N4O/c13-7-2-1-6(12(14,15)16)3-8(7)20-11(21)9-4-18-5-10(17)19-9/h1-5H,(H2,17,19)(H,20,21). The van der Waals surface area contributed by atoms with Gasteiger partial charge in [0.2, 0.25) is 0 Å². The van der Waals surface area contributed by atoms with E-state index in [0.717, 1.165) is 18.3 Å². The molecule has 0 bridgehead atoms. The van der Waals surface area contributed by atoms with Crippen LogP contribution in [-0.2, 0) is 6.18 Å².